The third-order valence-electron chi connectivity index (χ3n) is 4.37. The Morgan fingerprint density at radius 3 is 2.60 bits per heavy atom. The van der Waals surface area contributed by atoms with Crippen molar-refractivity contribution >= 4 is 17.5 Å². The number of alkyl halides is 3. The van der Waals surface area contributed by atoms with E-state index < -0.39 is 29.8 Å². The van der Waals surface area contributed by atoms with Crippen molar-refractivity contribution in [1.82, 2.24) is 5.32 Å². The summed E-state index contributed by atoms with van der Waals surface area (Å²) in [5, 5.41) is 5.22. The van der Waals surface area contributed by atoms with E-state index in [0.717, 1.165) is 0 Å². The number of halogens is 3. The van der Waals surface area contributed by atoms with Gasteiger partial charge in [-0.25, -0.2) is 0 Å². The molecule has 1 fully saturated rings. The van der Waals surface area contributed by atoms with Crippen LogP contribution in [0, 0.1) is 11.8 Å². The second kappa shape index (κ2) is 8.33. The number of carbonyl (C=O) groups excluding carboxylic acids is 2. The average Bonchev–Trinajstić information content (AvgIpc) is 2.59. The van der Waals surface area contributed by atoms with Crippen LogP contribution >= 0.6 is 0 Å². The van der Waals surface area contributed by atoms with E-state index in [0.29, 0.717) is 12.8 Å². The summed E-state index contributed by atoms with van der Waals surface area (Å²) in [6.07, 6.45) is -3.65. The molecule has 1 saturated carbocycles. The Morgan fingerprint density at radius 1 is 1.20 bits per heavy atom. The van der Waals surface area contributed by atoms with E-state index in [1.54, 1.807) is 24.3 Å². The molecule has 2 amide bonds. The van der Waals surface area contributed by atoms with Crippen molar-refractivity contribution in [3.05, 3.63) is 29.8 Å². The number of nitrogens with one attached hydrogen (secondary N) is 2. The van der Waals surface area contributed by atoms with Gasteiger partial charge in [-0.2, -0.15) is 13.2 Å². The van der Waals surface area contributed by atoms with Crippen LogP contribution in [0.4, 0.5) is 18.9 Å². The van der Waals surface area contributed by atoms with Crippen molar-refractivity contribution in [3.8, 4) is 0 Å². The second-order valence-electron chi connectivity index (χ2n) is 6.18. The lowest BCUT2D eigenvalue weighted by atomic mass is 9.80. The standard InChI is InChI=1S/C17H22F3N3O2/c18-17(19,20)12-5-3-4-11(10-12)15(24)23-14-7-2-1-6-13(14)16(25)22-9-8-21/h1-2,6-7,11-12H,3-5,8-10,21H2,(H,22,25)(H,23,24). The summed E-state index contributed by atoms with van der Waals surface area (Å²) in [4.78, 5) is 24.5. The van der Waals surface area contributed by atoms with Crippen LogP contribution in [0.15, 0.2) is 24.3 Å². The summed E-state index contributed by atoms with van der Waals surface area (Å²) in [6.45, 7) is 0.568. The molecule has 2 atom stereocenters. The van der Waals surface area contributed by atoms with Gasteiger partial charge in [-0.05, 0) is 31.4 Å². The number of amides is 2. The molecule has 2 rings (SSSR count). The maximum Gasteiger partial charge on any atom is 0.391 e. The quantitative estimate of drug-likeness (QED) is 0.757. The molecule has 0 bridgehead atoms. The van der Waals surface area contributed by atoms with Gasteiger partial charge in [0, 0.05) is 19.0 Å². The van der Waals surface area contributed by atoms with Crippen molar-refractivity contribution in [3.63, 3.8) is 0 Å². The maximum absolute atomic E-state index is 12.9. The van der Waals surface area contributed by atoms with E-state index in [9.17, 15) is 22.8 Å². The van der Waals surface area contributed by atoms with Crippen molar-refractivity contribution in [2.75, 3.05) is 18.4 Å². The minimum atomic E-state index is -4.28. The van der Waals surface area contributed by atoms with E-state index in [1.807, 2.05) is 0 Å². The lowest BCUT2D eigenvalue weighted by Gasteiger charge is -2.29. The van der Waals surface area contributed by atoms with E-state index in [1.165, 1.54) is 0 Å². The van der Waals surface area contributed by atoms with Gasteiger partial charge < -0.3 is 16.4 Å². The lowest BCUT2D eigenvalue weighted by Crippen LogP contribution is -2.35. The van der Waals surface area contributed by atoms with Gasteiger partial charge >= 0.3 is 6.18 Å². The van der Waals surface area contributed by atoms with Crippen LogP contribution in [0.5, 0.6) is 0 Å². The first kappa shape index (κ1) is 19.2. The average molecular weight is 357 g/mol. The molecule has 1 aromatic rings. The Morgan fingerprint density at radius 2 is 1.92 bits per heavy atom. The molecular weight excluding hydrogens is 335 g/mol. The number of carbonyl (C=O) groups is 2. The Hall–Kier alpha value is -2.09. The predicted octanol–water partition coefficient (Wildman–Crippen LogP) is 2.68. The molecule has 5 nitrogen and oxygen atoms in total. The summed E-state index contributed by atoms with van der Waals surface area (Å²) in [5.41, 5.74) is 5.89. The Kier molecular flexibility index (Phi) is 6.41. The highest BCUT2D eigenvalue weighted by Crippen LogP contribution is 2.40. The molecule has 1 aromatic carbocycles. The van der Waals surface area contributed by atoms with Crippen molar-refractivity contribution in [2.24, 2.45) is 17.6 Å². The molecule has 1 aliphatic rings. The van der Waals surface area contributed by atoms with E-state index >= 15 is 0 Å². The Labute approximate surface area is 144 Å². The summed E-state index contributed by atoms with van der Waals surface area (Å²) >= 11 is 0. The highest BCUT2D eigenvalue weighted by Gasteiger charge is 2.43. The van der Waals surface area contributed by atoms with Gasteiger partial charge in [0.15, 0.2) is 0 Å². The molecule has 4 N–H and O–H groups in total. The zero-order chi connectivity index (χ0) is 18.4. The summed E-state index contributed by atoms with van der Waals surface area (Å²) in [6, 6.07) is 6.39. The SMILES string of the molecule is NCCNC(=O)c1ccccc1NC(=O)C1CCCC(C(F)(F)F)C1. The minimum absolute atomic E-state index is 0.0609. The predicted molar refractivity (Wildman–Crippen MR) is 88.0 cm³/mol. The molecule has 0 spiro atoms. The normalized spacial score (nSPS) is 20.8. The smallest absolute Gasteiger partial charge is 0.351 e. The van der Waals surface area contributed by atoms with Crippen molar-refractivity contribution < 1.29 is 22.8 Å². The fourth-order valence-electron chi connectivity index (χ4n) is 3.03. The maximum atomic E-state index is 12.9. The van der Waals surface area contributed by atoms with Gasteiger partial charge in [0.05, 0.1) is 17.2 Å². The van der Waals surface area contributed by atoms with Crippen LogP contribution in [0.3, 0.4) is 0 Å². The number of para-hydroxylation sites is 1. The number of anilines is 1. The fourth-order valence-corrected chi connectivity index (χ4v) is 3.03. The van der Waals surface area contributed by atoms with Crippen LogP contribution in [0.2, 0.25) is 0 Å². The number of rotatable bonds is 5. The first-order chi connectivity index (χ1) is 11.8. The molecule has 8 heteroatoms. The monoisotopic (exact) mass is 357 g/mol. The molecule has 138 valence electrons. The van der Waals surface area contributed by atoms with Gasteiger partial charge in [0.25, 0.3) is 5.91 Å². The number of benzene rings is 1. The number of hydrogen-bond donors (Lipinski definition) is 3. The van der Waals surface area contributed by atoms with E-state index in [4.69, 9.17) is 5.73 Å². The Balaban J connectivity index is 2.06. The molecule has 0 radical (unpaired) electrons. The third kappa shape index (κ3) is 5.19. The summed E-state index contributed by atoms with van der Waals surface area (Å²) < 4.78 is 38.7. The fraction of sp³-hybridized carbons (Fsp3) is 0.529. The highest BCUT2D eigenvalue weighted by atomic mass is 19.4. The van der Waals surface area contributed by atoms with Crippen LogP contribution in [-0.2, 0) is 4.79 Å². The molecule has 1 aliphatic carbocycles. The van der Waals surface area contributed by atoms with E-state index in [2.05, 4.69) is 10.6 Å². The van der Waals surface area contributed by atoms with Gasteiger partial charge in [0.1, 0.15) is 0 Å². The molecule has 25 heavy (non-hydrogen) atoms. The van der Waals surface area contributed by atoms with E-state index in [-0.39, 0.29) is 37.2 Å². The lowest BCUT2D eigenvalue weighted by molar-refractivity contribution is -0.185. The van der Waals surface area contributed by atoms with Gasteiger partial charge in [0.2, 0.25) is 5.91 Å². The van der Waals surface area contributed by atoms with Crippen LogP contribution < -0.4 is 16.4 Å². The van der Waals surface area contributed by atoms with Gasteiger partial charge in [-0.3, -0.25) is 9.59 Å². The molecular formula is C17H22F3N3O2. The van der Waals surface area contributed by atoms with Crippen molar-refractivity contribution in [2.45, 2.75) is 31.9 Å². The molecule has 0 heterocycles. The first-order valence-electron chi connectivity index (χ1n) is 8.27. The summed E-state index contributed by atoms with van der Waals surface area (Å²) in [7, 11) is 0. The van der Waals surface area contributed by atoms with Gasteiger partial charge in [-0.1, -0.05) is 18.6 Å². The first-order valence-corrected chi connectivity index (χ1v) is 8.27. The largest absolute Gasteiger partial charge is 0.391 e. The second-order valence-corrected chi connectivity index (χ2v) is 6.18. The molecule has 2 unspecified atom stereocenters. The van der Waals surface area contributed by atoms with Crippen LogP contribution in [0.25, 0.3) is 0 Å². The van der Waals surface area contributed by atoms with Crippen molar-refractivity contribution in [1.29, 1.82) is 0 Å². The number of nitrogens with two attached hydrogens (primary N) is 1. The molecule has 0 saturated heterocycles. The zero-order valence-corrected chi connectivity index (χ0v) is 13.7. The van der Waals surface area contributed by atoms with Gasteiger partial charge in [-0.15, -0.1) is 0 Å². The molecule has 0 aromatic heterocycles. The third-order valence-corrected chi connectivity index (χ3v) is 4.37. The molecule has 0 aliphatic heterocycles. The topological polar surface area (TPSA) is 84.2 Å². The minimum Gasteiger partial charge on any atom is -0.351 e. The Bertz CT molecular complexity index is 619. The van der Waals surface area contributed by atoms with Crippen LogP contribution in [-0.4, -0.2) is 31.1 Å². The summed E-state index contributed by atoms with van der Waals surface area (Å²) in [5.74, 6) is -3.02. The highest BCUT2D eigenvalue weighted by molar-refractivity contribution is 6.04. The number of hydrogen-bond acceptors (Lipinski definition) is 3. The van der Waals surface area contributed by atoms with Crippen LogP contribution in [0.1, 0.15) is 36.0 Å². The zero-order valence-electron chi connectivity index (χ0n) is 13.7.